The lowest BCUT2D eigenvalue weighted by atomic mass is 9.93. The van der Waals surface area contributed by atoms with Crippen LogP contribution < -0.4 is 5.32 Å². The minimum Gasteiger partial charge on any atom is -0.385 e. The molecule has 0 saturated heterocycles. The van der Waals surface area contributed by atoms with Crippen LogP contribution in [0.3, 0.4) is 0 Å². The minimum atomic E-state index is 0.968. The first-order chi connectivity index (χ1) is 12.2. The second-order valence-electron chi connectivity index (χ2n) is 6.64. The van der Waals surface area contributed by atoms with Gasteiger partial charge >= 0.3 is 0 Å². The normalized spacial score (nSPS) is 10.8. The smallest absolute Gasteiger partial charge is 0.0343 e. The molecule has 0 atom stereocenters. The lowest BCUT2D eigenvalue weighted by molar-refractivity contribution is 0.822. The van der Waals surface area contributed by atoms with Crippen LogP contribution in [-0.2, 0) is 12.8 Å². The summed E-state index contributed by atoms with van der Waals surface area (Å²) < 4.78 is 0. The van der Waals surface area contributed by atoms with Gasteiger partial charge in [0, 0.05) is 17.8 Å². The van der Waals surface area contributed by atoms with Crippen LogP contribution >= 0.6 is 0 Å². The summed E-state index contributed by atoms with van der Waals surface area (Å²) in [5, 5.41) is 6.14. The molecular formula is C24H27N. The summed E-state index contributed by atoms with van der Waals surface area (Å²) in [5.41, 5.74) is 6.48. The molecule has 3 aromatic carbocycles. The van der Waals surface area contributed by atoms with Crippen LogP contribution in [0.1, 0.15) is 35.6 Å². The van der Waals surface area contributed by atoms with Gasteiger partial charge in [0.15, 0.2) is 0 Å². The molecular weight excluding hydrogens is 302 g/mol. The third-order valence-corrected chi connectivity index (χ3v) is 4.85. The zero-order valence-electron chi connectivity index (χ0n) is 15.3. The average Bonchev–Trinajstić information content (AvgIpc) is 2.65. The molecule has 1 N–H and O–H groups in total. The summed E-state index contributed by atoms with van der Waals surface area (Å²) in [7, 11) is 0. The highest BCUT2D eigenvalue weighted by atomic mass is 14.9. The summed E-state index contributed by atoms with van der Waals surface area (Å²) in [6, 6.07) is 21.8. The Bertz CT molecular complexity index is 876. The number of hydrogen-bond donors (Lipinski definition) is 1. The molecule has 0 heterocycles. The van der Waals surface area contributed by atoms with Gasteiger partial charge in [-0.25, -0.2) is 0 Å². The van der Waals surface area contributed by atoms with E-state index in [0.717, 1.165) is 31.5 Å². The quantitative estimate of drug-likeness (QED) is 0.568. The van der Waals surface area contributed by atoms with Gasteiger partial charge in [-0.05, 0) is 53.6 Å². The highest BCUT2D eigenvalue weighted by Crippen LogP contribution is 2.25. The maximum Gasteiger partial charge on any atom is 0.0343 e. The Labute approximate surface area is 151 Å². The zero-order chi connectivity index (χ0) is 17.6. The predicted molar refractivity (Wildman–Crippen MR) is 110 cm³/mol. The van der Waals surface area contributed by atoms with E-state index in [1.165, 1.54) is 33.0 Å². The van der Waals surface area contributed by atoms with Gasteiger partial charge in [-0.3, -0.25) is 0 Å². The fourth-order valence-electron chi connectivity index (χ4n) is 3.44. The van der Waals surface area contributed by atoms with Crippen molar-refractivity contribution in [3.8, 4) is 0 Å². The molecule has 0 aliphatic carbocycles. The summed E-state index contributed by atoms with van der Waals surface area (Å²) in [5.74, 6) is 0. The molecule has 0 aliphatic heterocycles. The molecule has 0 saturated carbocycles. The highest BCUT2D eigenvalue weighted by Gasteiger charge is 2.09. The molecule has 3 rings (SSSR count). The Kier molecular flexibility index (Phi) is 5.55. The van der Waals surface area contributed by atoms with Gasteiger partial charge in [0.25, 0.3) is 0 Å². The summed E-state index contributed by atoms with van der Waals surface area (Å²) in [4.78, 5) is 0. The molecule has 0 unspecified atom stereocenters. The van der Waals surface area contributed by atoms with E-state index in [-0.39, 0.29) is 0 Å². The standard InChI is InChI=1S/C24H27N/c1-4-17-25-19(3)23-11-7-5-9-20(23)15-16-22-18(2)13-14-21-10-6-8-12-24(21)22/h5-14,25H,3-4,15-17H2,1-2H3. The first kappa shape index (κ1) is 17.3. The Morgan fingerprint density at radius 2 is 1.68 bits per heavy atom. The molecule has 0 radical (unpaired) electrons. The highest BCUT2D eigenvalue weighted by molar-refractivity contribution is 5.86. The van der Waals surface area contributed by atoms with Crippen LogP contribution in [0.15, 0.2) is 67.2 Å². The fraction of sp³-hybridized carbons (Fsp3) is 0.250. The Hall–Kier alpha value is -2.54. The molecule has 0 spiro atoms. The van der Waals surface area contributed by atoms with Crippen molar-refractivity contribution in [2.45, 2.75) is 33.1 Å². The van der Waals surface area contributed by atoms with Crippen molar-refractivity contribution in [3.63, 3.8) is 0 Å². The number of rotatable bonds is 7. The van der Waals surface area contributed by atoms with Crippen LogP contribution in [0, 0.1) is 6.92 Å². The molecule has 0 amide bonds. The Morgan fingerprint density at radius 1 is 0.920 bits per heavy atom. The Balaban J connectivity index is 1.86. The predicted octanol–water partition coefficient (Wildman–Crippen LogP) is 5.90. The molecule has 128 valence electrons. The number of fused-ring (bicyclic) bond motifs is 1. The monoisotopic (exact) mass is 329 g/mol. The lowest BCUT2D eigenvalue weighted by Crippen LogP contribution is -2.13. The molecule has 0 fully saturated rings. The first-order valence-corrected chi connectivity index (χ1v) is 9.19. The van der Waals surface area contributed by atoms with Gasteiger partial charge in [-0.15, -0.1) is 0 Å². The van der Waals surface area contributed by atoms with Crippen molar-refractivity contribution in [2.24, 2.45) is 0 Å². The van der Waals surface area contributed by atoms with Crippen LogP contribution in [0.5, 0.6) is 0 Å². The van der Waals surface area contributed by atoms with E-state index in [9.17, 15) is 0 Å². The fourth-order valence-corrected chi connectivity index (χ4v) is 3.44. The van der Waals surface area contributed by atoms with Gasteiger partial charge in [-0.2, -0.15) is 0 Å². The largest absolute Gasteiger partial charge is 0.385 e. The van der Waals surface area contributed by atoms with Crippen molar-refractivity contribution in [1.82, 2.24) is 5.32 Å². The van der Waals surface area contributed by atoms with E-state index < -0.39 is 0 Å². The number of aryl methyl sites for hydroxylation is 3. The maximum absolute atomic E-state index is 4.23. The van der Waals surface area contributed by atoms with E-state index in [2.05, 4.69) is 86.4 Å². The second kappa shape index (κ2) is 8.02. The van der Waals surface area contributed by atoms with E-state index >= 15 is 0 Å². The third-order valence-electron chi connectivity index (χ3n) is 4.85. The van der Waals surface area contributed by atoms with Gasteiger partial charge in [0.05, 0.1) is 0 Å². The topological polar surface area (TPSA) is 12.0 Å². The molecule has 0 aromatic heterocycles. The van der Waals surface area contributed by atoms with Crippen molar-refractivity contribution >= 4 is 16.5 Å². The van der Waals surface area contributed by atoms with E-state index in [0.29, 0.717) is 0 Å². The summed E-state index contributed by atoms with van der Waals surface area (Å²) >= 11 is 0. The van der Waals surface area contributed by atoms with E-state index in [1.807, 2.05) is 0 Å². The van der Waals surface area contributed by atoms with E-state index in [1.54, 1.807) is 0 Å². The van der Waals surface area contributed by atoms with Gasteiger partial charge in [-0.1, -0.05) is 74.2 Å². The van der Waals surface area contributed by atoms with Crippen LogP contribution in [0.4, 0.5) is 0 Å². The molecule has 0 aliphatic rings. The van der Waals surface area contributed by atoms with E-state index in [4.69, 9.17) is 0 Å². The van der Waals surface area contributed by atoms with Crippen LogP contribution in [-0.4, -0.2) is 6.54 Å². The number of nitrogens with one attached hydrogen (secondary N) is 1. The van der Waals surface area contributed by atoms with Crippen LogP contribution in [0.25, 0.3) is 16.5 Å². The van der Waals surface area contributed by atoms with Crippen LogP contribution in [0.2, 0.25) is 0 Å². The SMILES string of the molecule is C=C(NCCC)c1ccccc1CCc1c(C)ccc2ccccc12. The van der Waals surface area contributed by atoms with Gasteiger partial charge in [0.1, 0.15) is 0 Å². The summed E-state index contributed by atoms with van der Waals surface area (Å²) in [6.45, 7) is 9.60. The number of benzene rings is 3. The lowest BCUT2D eigenvalue weighted by Gasteiger charge is -2.15. The zero-order valence-corrected chi connectivity index (χ0v) is 15.3. The second-order valence-corrected chi connectivity index (χ2v) is 6.64. The molecule has 1 nitrogen and oxygen atoms in total. The van der Waals surface area contributed by atoms with Gasteiger partial charge in [0.2, 0.25) is 0 Å². The summed E-state index contributed by atoms with van der Waals surface area (Å²) in [6.07, 6.45) is 3.18. The number of hydrogen-bond acceptors (Lipinski definition) is 1. The third kappa shape index (κ3) is 3.93. The molecule has 0 bridgehead atoms. The Morgan fingerprint density at radius 3 is 2.52 bits per heavy atom. The molecule has 3 aromatic rings. The maximum atomic E-state index is 4.23. The molecule has 1 heteroatoms. The van der Waals surface area contributed by atoms with Crippen molar-refractivity contribution in [1.29, 1.82) is 0 Å². The first-order valence-electron chi connectivity index (χ1n) is 9.19. The van der Waals surface area contributed by atoms with Crippen molar-refractivity contribution in [2.75, 3.05) is 6.54 Å². The molecule has 25 heavy (non-hydrogen) atoms. The van der Waals surface area contributed by atoms with Gasteiger partial charge < -0.3 is 5.32 Å². The van der Waals surface area contributed by atoms with Crippen molar-refractivity contribution < 1.29 is 0 Å². The minimum absolute atomic E-state index is 0.968. The average molecular weight is 329 g/mol. The van der Waals surface area contributed by atoms with Crippen molar-refractivity contribution in [3.05, 3.63) is 89.5 Å².